The number of aliphatic hydroxyl groups excluding tert-OH is 1. The Labute approximate surface area is 131 Å². The zero-order valence-corrected chi connectivity index (χ0v) is 13.8. The molecule has 4 heteroatoms. The van der Waals surface area contributed by atoms with Crippen LogP contribution in [0, 0.1) is 23.2 Å². The Morgan fingerprint density at radius 1 is 1.43 bits per heavy atom. The normalized spacial score (nSPS) is 18.8. The van der Waals surface area contributed by atoms with Gasteiger partial charge in [-0.3, -0.25) is 4.79 Å². The molecule has 1 unspecified atom stereocenters. The van der Waals surface area contributed by atoms with Crippen molar-refractivity contribution in [2.24, 2.45) is 11.3 Å². The number of hydrogen-bond donors (Lipinski definition) is 1. The third-order valence-electron chi connectivity index (χ3n) is 3.90. The fraction of sp³-hybridized carbons (Fsp3) is 0.588. The van der Waals surface area contributed by atoms with Gasteiger partial charge in [0, 0.05) is 24.3 Å². The molecule has 3 nitrogen and oxygen atoms in total. The Morgan fingerprint density at radius 2 is 2.19 bits per heavy atom. The second-order valence-electron chi connectivity index (χ2n) is 6.58. The Kier molecular flexibility index (Phi) is 5.08. The average molecular weight is 305 g/mol. The summed E-state index contributed by atoms with van der Waals surface area (Å²) in [5.74, 6) is 6.66. The maximum absolute atomic E-state index is 12.1. The monoisotopic (exact) mass is 305 g/mol. The SMILES string of the molecule is CC(C)(C)C1CC(=O)N(Cc2ccc(C#CCCO)s2)C1. The molecule has 1 aliphatic rings. The number of amides is 1. The summed E-state index contributed by atoms with van der Waals surface area (Å²) in [5.41, 5.74) is 0.181. The molecular weight excluding hydrogens is 282 g/mol. The molecule has 114 valence electrons. The van der Waals surface area contributed by atoms with E-state index in [1.54, 1.807) is 11.3 Å². The molecule has 0 aliphatic carbocycles. The number of likely N-dealkylation sites (tertiary alicyclic amines) is 1. The molecular formula is C17H23NO2S. The van der Waals surface area contributed by atoms with Crippen molar-refractivity contribution in [2.75, 3.05) is 13.2 Å². The predicted molar refractivity (Wildman–Crippen MR) is 85.9 cm³/mol. The van der Waals surface area contributed by atoms with E-state index in [9.17, 15) is 4.79 Å². The summed E-state index contributed by atoms with van der Waals surface area (Å²) in [4.78, 5) is 16.3. The minimum Gasteiger partial charge on any atom is -0.395 e. The van der Waals surface area contributed by atoms with E-state index in [1.807, 2.05) is 17.0 Å². The van der Waals surface area contributed by atoms with Crippen LogP contribution in [0.25, 0.3) is 0 Å². The number of carbonyl (C=O) groups is 1. The fourth-order valence-electron chi connectivity index (χ4n) is 2.43. The topological polar surface area (TPSA) is 40.5 Å². The summed E-state index contributed by atoms with van der Waals surface area (Å²) >= 11 is 1.63. The smallest absolute Gasteiger partial charge is 0.223 e. The van der Waals surface area contributed by atoms with E-state index in [0.717, 1.165) is 11.4 Å². The zero-order valence-electron chi connectivity index (χ0n) is 13.0. The molecule has 1 atom stereocenters. The molecule has 0 bridgehead atoms. The van der Waals surface area contributed by atoms with Crippen LogP contribution in [0.3, 0.4) is 0 Å². The number of nitrogens with zero attached hydrogens (tertiary/aromatic N) is 1. The lowest BCUT2D eigenvalue weighted by atomic mass is 9.80. The van der Waals surface area contributed by atoms with Crippen molar-refractivity contribution < 1.29 is 9.90 Å². The van der Waals surface area contributed by atoms with Gasteiger partial charge < -0.3 is 10.0 Å². The summed E-state index contributed by atoms with van der Waals surface area (Å²) in [7, 11) is 0. The largest absolute Gasteiger partial charge is 0.395 e. The molecule has 0 radical (unpaired) electrons. The van der Waals surface area contributed by atoms with Crippen LogP contribution in [0.2, 0.25) is 0 Å². The van der Waals surface area contributed by atoms with Gasteiger partial charge in [0.2, 0.25) is 5.91 Å². The van der Waals surface area contributed by atoms with Crippen LogP contribution in [0.5, 0.6) is 0 Å². The van der Waals surface area contributed by atoms with Gasteiger partial charge in [-0.1, -0.05) is 32.6 Å². The van der Waals surface area contributed by atoms with E-state index in [2.05, 4.69) is 32.6 Å². The van der Waals surface area contributed by atoms with E-state index in [1.165, 1.54) is 4.88 Å². The second-order valence-corrected chi connectivity index (χ2v) is 7.75. The molecule has 0 aromatic carbocycles. The maximum atomic E-state index is 12.1. The van der Waals surface area contributed by atoms with Gasteiger partial charge in [0.05, 0.1) is 18.0 Å². The van der Waals surface area contributed by atoms with E-state index in [4.69, 9.17) is 5.11 Å². The van der Waals surface area contributed by atoms with Gasteiger partial charge in [0.1, 0.15) is 0 Å². The van der Waals surface area contributed by atoms with Crippen LogP contribution in [-0.4, -0.2) is 29.1 Å². The van der Waals surface area contributed by atoms with Gasteiger partial charge in [-0.15, -0.1) is 11.3 Å². The lowest BCUT2D eigenvalue weighted by Gasteiger charge is -2.26. The van der Waals surface area contributed by atoms with Crippen molar-refractivity contribution >= 4 is 17.2 Å². The molecule has 1 N–H and O–H groups in total. The van der Waals surface area contributed by atoms with Crippen molar-refractivity contribution in [2.45, 2.75) is 40.2 Å². The average Bonchev–Trinajstić information content (AvgIpc) is 2.98. The van der Waals surface area contributed by atoms with Crippen LogP contribution in [-0.2, 0) is 11.3 Å². The quantitative estimate of drug-likeness (QED) is 0.872. The highest BCUT2D eigenvalue weighted by Gasteiger charge is 2.36. The molecule has 1 aromatic rings. The number of carbonyl (C=O) groups excluding carboxylic acids is 1. The van der Waals surface area contributed by atoms with E-state index in [-0.39, 0.29) is 17.9 Å². The summed E-state index contributed by atoms with van der Waals surface area (Å²) in [6.45, 7) is 8.25. The maximum Gasteiger partial charge on any atom is 0.223 e. The Balaban J connectivity index is 1.97. The van der Waals surface area contributed by atoms with Crippen LogP contribution in [0.4, 0.5) is 0 Å². The molecule has 2 rings (SSSR count). The number of thiophene rings is 1. The molecule has 21 heavy (non-hydrogen) atoms. The minimum atomic E-state index is 0.0989. The number of rotatable bonds is 3. The van der Waals surface area contributed by atoms with Gasteiger partial charge in [-0.25, -0.2) is 0 Å². The Bertz CT molecular complexity index is 559. The first-order chi connectivity index (χ1) is 9.90. The van der Waals surface area contributed by atoms with Gasteiger partial charge in [-0.2, -0.15) is 0 Å². The van der Waals surface area contributed by atoms with Crippen molar-refractivity contribution in [3.05, 3.63) is 21.9 Å². The van der Waals surface area contributed by atoms with E-state index >= 15 is 0 Å². The highest BCUT2D eigenvalue weighted by atomic mass is 32.1. The highest BCUT2D eigenvalue weighted by Crippen LogP contribution is 2.35. The molecule has 2 heterocycles. The summed E-state index contributed by atoms with van der Waals surface area (Å²) in [6, 6.07) is 4.04. The second kappa shape index (κ2) is 6.64. The standard InChI is InChI=1S/C17H23NO2S/c1-17(2,3)13-10-16(20)18(11-13)12-15-8-7-14(21-15)6-4-5-9-19/h7-8,13,19H,5,9-12H2,1-3H3. The molecule has 1 amide bonds. The first kappa shape index (κ1) is 16.1. The molecule has 1 saturated heterocycles. The van der Waals surface area contributed by atoms with Crippen molar-refractivity contribution in [1.82, 2.24) is 4.90 Å². The number of aliphatic hydroxyl groups is 1. The van der Waals surface area contributed by atoms with Crippen LogP contribution in [0.15, 0.2) is 12.1 Å². The first-order valence-electron chi connectivity index (χ1n) is 7.36. The van der Waals surface area contributed by atoms with Gasteiger partial charge in [0.15, 0.2) is 0 Å². The lowest BCUT2D eigenvalue weighted by Crippen LogP contribution is -2.27. The molecule has 1 aromatic heterocycles. The fourth-order valence-corrected chi connectivity index (χ4v) is 3.33. The summed E-state index contributed by atoms with van der Waals surface area (Å²) < 4.78 is 0. The van der Waals surface area contributed by atoms with Crippen LogP contribution >= 0.6 is 11.3 Å². The predicted octanol–water partition coefficient (Wildman–Crippen LogP) is 2.88. The van der Waals surface area contributed by atoms with E-state index < -0.39 is 0 Å². The van der Waals surface area contributed by atoms with Crippen molar-refractivity contribution in [3.8, 4) is 11.8 Å². The summed E-state index contributed by atoms with van der Waals surface area (Å²) in [5, 5.41) is 8.72. The van der Waals surface area contributed by atoms with Gasteiger partial charge in [0.25, 0.3) is 0 Å². The highest BCUT2D eigenvalue weighted by molar-refractivity contribution is 7.12. The molecule has 1 fully saturated rings. The molecule has 0 saturated carbocycles. The van der Waals surface area contributed by atoms with Crippen LogP contribution < -0.4 is 0 Å². The summed E-state index contributed by atoms with van der Waals surface area (Å²) in [6.07, 6.45) is 1.17. The third-order valence-corrected chi connectivity index (χ3v) is 4.88. The Hall–Kier alpha value is -1.31. The third kappa shape index (κ3) is 4.33. The molecule has 0 spiro atoms. The van der Waals surface area contributed by atoms with E-state index in [0.29, 0.717) is 25.3 Å². The number of hydrogen-bond acceptors (Lipinski definition) is 3. The van der Waals surface area contributed by atoms with Gasteiger partial charge in [-0.05, 0) is 23.5 Å². The molecule has 1 aliphatic heterocycles. The first-order valence-corrected chi connectivity index (χ1v) is 8.18. The van der Waals surface area contributed by atoms with Crippen molar-refractivity contribution in [1.29, 1.82) is 0 Å². The van der Waals surface area contributed by atoms with Crippen LogP contribution in [0.1, 0.15) is 43.4 Å². The lowest BCUT2D eigenvalue weighted by molar-refractivity contribution is -0.128. The van der Waals surface area contributed by atoms with Crippen molar-refractivity contribution in [3.63, 3.8) is 0 Å². The van der Waals surface area contributed by atoms with Gasteiger partial charge >= 0.3 is 0 Å². The Morgan fingerprint density at radius 3 is 2.81 bits per heavy atom. The zero-order chi connectivity index (χ0) is 15.5. The minimum absolute atomic E-state index is 0.0989.